The third-order valence-electron chi connectivity index (χ3n) is 9.97. The summed E-state index contributed by atoms with van der Waals surface area (Å²) in [4.78, 5) is 29.2. The number of aromatic nitrogens is 3. The molecule has 0 fully saturated rings. The Morgan fingerprint density at radius 1 is 0.840 bits per heavy atom. The third-order valence-corrected chi connectivity index (χ3v) is 9.97. The van der Waals surface area contributed by atoms with E-state index in [1.54, 1.807) is 0 Å². The van der Waals surface area contributed by atoms with E-state index in [0.717, 1.165) is 56.1 Å². The van der Waals surface area contributed by atoms with E-state index in [4.69, 9.17) is 9.97 Å². The lowest BCUT2D eigenvalue weighted by molar-refractivity contribution is -0.111. The van der Waals surface area contributed by atoms with E-state index in [-0.39, 0.29) is 5.91 Å². The molecule has 0 aliphatic carbocycles. The fourth-order valence-corrected chi connectivity index (χ4v) is 7.54. The van der Waals surface area contributed by atoms with Crippen LogP contribution in [0.4, 0.5) is 11.5 Å². The molecule has 0 saturated heterocycles. The average Bonchev–Trinajstić information content (AvgIpc) is 3.73. The first-order valence-corrected chi connectivity index (χ1v) is 16.9. The van der Waals surface area contributed by atoms with Gasteiger partial charge in [0.05, 0.1) is 23.0 Å². The molecule has 0 bridgehead atoms. The van der Waals surface area contributed by atoms with E-state index in [1.165, 1.54) is 11.6 Å². The molecule has 6 nitrogen and oxygen atoms in total. The number of amides is 1. The van der Waals surface area contributed by atoms with Gasteiger partial charge in [0, 0.05) is 29.0 Å². The highest BCUT2D eigenvalue weighted by atomic mass is 16.1. The number of rotatable bonds is 8. The van der Waals surface area contributed by atoms with Crippen LogP contribution >= 0.6 is 0 Å². The normalized spacial score (nSPS) is 15.5. The van der Waals surface area contributed by atoms with Gasteiger partial charge in [-0.15, -0.1) is 0 Å². The highest BCUT2D eigenvalue weighted by Crippen LogP contribution is 2.53. The molecular formula is C44H37N5O. The number of benzene rings is 5. The van der Waals surface area contributed by atoms with Gasteiger partial charge in [0.2, 0.25) is 5.91 Å². The number of aryl methyl sites for hydroxylation is 1. The lowest BCUT2D eigenvalue weighted by Gasteiger charge is -2.45. The van der Waals surface area contributed by atoms with Crippen LogP contribution in [-0.2, 0) is 15.7 Å². The van der Waals surface area contributed by atoms with E-state index in [2.05, 4.69) is 151 Å². The molecule has 1 aliphatic rings. The number of H-pyrrole nitrogens is 1. The van der Waals surface area contributed by atoms with Crippen molar-refractivity contribution in [1.82, 2.24) is 15.0 Å². The van der Waals surface area contributed by atoms with Gasteiger partial charge in [0.1, 0.15) is 5.54 Å². The van der Waals surface area contributed by atoms with Gasteiger partial charge >= 0.3 is 0 Å². The summed E-state index contributed by atoms with van der Waals surface area (Å²) < 4.78 is 0. The monoisotopic (exact) mass is 651 g/mol. The van der Waals surface area contributed by atoms with Gasteiger partial charge < -0.3 is 15.2 Å². The van der Waals surface area contributed by atoms with Crippen molar-refractivity contribution in [3.05, 3.63) is 192 Å². The predicted octanol–water partition coefficient (Wildman–Crippen LogP) is 9.18. The minimum Gasteiger partial charge on any atom is -0.358 e. The number of carbonyl (C=O) groups excluding carboxylic acids is 1. The summed E-state index contributed by atoms with van der Waals surface area (Å²) in [6.07, 6.45) is 3.12. The number of hydrogen-bond acceptors (Lipinski definition) is 4. The minimum atomic E-state index is -0.732. The zero-order valence-electron chi connectivity index (χ0n) is 28.1. The topological polar surface area (TPSA) is 73.9 Å². The molecule has 3 heterocycles. The molecule has 50 heavy (non-hydrogen) atoms. The standard InChI is InChI=1S/C44H37N5O/c1-4-40(50)46-36-22-14-15-31(26-36)38-28-45-42-41(48-38)43(3,39-27-32-24-23-30(2)25-37(32)47-39)29-49(42)44(33-16-8-5-9-17-33,34-18-10-6-11-19-34)35-20-12-7-13-21-35/h4-28,47H,1,29H2,2-3H3,(H,46,50). The maximum Gasteiger partial charge on any atom is 0.247 e. The van der Waals surface area contributed by atoms with E-state index in [9.17, 15) is 4.79 Å². The average molecular weight is 652 g/mol. The molecule has 1 amide bonds. The Balaban J connectivity index is 1.40. The highest BCUT2D eigenvalue weighted by molar-refractivity contribution is 5.99. The smallest absolute Gasteiger partial charge is 0.247 e. The van der Waals surface area contributed by atoms with Crippen LogP contribution in [0.25, 0.3) is 22.2 Å². The summed E-state index contributed by atoms with van der Waals surface area (Å²) in [5.74, 6) is 0.553. The molecule has 7 aromatic rings. The highest BCUT2D eigenvalue weighted by Gasteiger charge is 2.53. The molecule has 0 saturated carbocycles. The molecule has 8 rings (SSSR count). The van der Waals surface area contributed by atoms with E-state index < -0.39 is 11.0 Å². The SMILES string of the molecule is C=CC(=O)Nc1cccc(-c2cnc3c(n2)C(C)(c2cc4ccc(C)cc4[nH]2)CN3C(c2ccccc2)(c2ccccc2)c2ccccc2)c1. The van der Waals surface area contributed by atoms with Gasteiger partial charge in [-0.1, -0.05) is 122 Å². The number of carbonyl (C=O) groups is 1. The number of fused-ring (bicyclic) bond motifs is 2. The Labute approximate surface area is 292 Å². The van der Waals surface area contributed by atoms with Crippen LogP contribution in [0.5, 0.6) is 0 Å². The number of anilines is 2. The largest absolute Gasteiger partial charge is 0.358 e. The molecule has 1 unspecified atom stereocenters. The summed E-state index contributed by atoms with van der Waals surface area (Å²) >= 11 is 0. The Morgan fingerprint density at radius 3 is 2.10 bits per heavy atom. The first-order valence-electron chi connectivity index (χ1n) is 16.9. The number of hydrogen-bond donors (Lipinski definition) is 2. The van der Waals surface area contributed by atoms with Crippen molar-refractivity contribution in [3.63, 3.8) is 0 Å². The fraction of sp³-hybridized carbons (Fsp3) is 0.114. The van der Waals surface area contributed by atoms with Crippen molar-refractivity contribution in [2.45, 2.75) is 24.8 Å². The zero-order chi connectivity index (χ0) is 34.3. The quantitative estimate of drug-likeness (QED) is 0.127. The maximum atomic E-state index is 12.1. The molecule has 244 valence electrons. The lowest BCUT2D eigenvalue weighted by Crippen LogP contribution is -2.50. The van der Waals surface area contributed by atoms with Gasteiger partial charge in [-0.2, -0.15) is 0 Å². The van der Waals surface area contributed by atoms with E-state index >= 15 is 0 Å². The fourth-order valence-electron chi connectivity index (χ4n) is 7.54. The van der Waals surface area contributed by atoms with Crippen LogP contribution in [0.2, 0.25) is 0 Å². The molecule has 6 heteroatoms. The van der Waals surface area contributed by atoms with Crippen molar-refractivity contribution in [2.24, 2.45) is 0 Å². The summed E-state index contributed by atoms with van der Waals surface area (Å²) in [5.41, 5.74) is 8.59. The summed E-state index contributed by atoms with van der Waals surface area (Å²) in [7, 11) is 0. The number of nitrogens with one attached hydrogen (secondary N) is 2. The first kappa shape index (κ1) is 31.0. The first-order chi connectivity index (χ1) is 24.4. The van der Waals surface area contributed by atoms with Crippen molar-refractivity contribution < 1.29 is 4.79 Å². The molecule has 5 aromatic carbocycles. The second-order valence-electron chi connectivity index (χ2n) is 13.2. The van der Waals surface area contributed by atoms with E-state index in [0.29, 0.717) is 12.2 Å². The van der Waals surface area contributed by atoms with Crippen LogP contribution in [-0.4, -0.2) is 27.4 Å². The molecule has 0 radical (unpaired) electrons. The van der Waals surface area contributed by atoms with Crippen LogP contribution in [0.15, 0.2) is 158 Å². The Bertz CT molecular complexity index is 2250. The molecule has 1 aliphatic heterocycles. The Kier molecular flexibility index (Phi) is 7.64. The van der Waals surface area contributed by atoms with Gasteiger partial charge in [-0.25, -0.2) is 9.97 Å². The molecule has 0 spiro atoms. The van der Waals surface area contributed by atoms with Gasteiger partial charge in [-0.3, -0.25) is 4.79 Å². The zero-order valence-corrected chi connectivity index (χ0v) is 28.1. The van der Waals surface area contributed by atoms with Crippen molar-refractivity contribution in [3.8, 4) is 11.3 Å². The van der Waals surface area contributed by atoms with Gasteiger partial charge in [0.25, 0.3) is 0 Å². The Morgan fingerprint density at radius 2 is 1.48 bits per heavy atom. The molecule has 2 aromatic heterocycles. The van der Waals surface area contributed by atoms with Crippen LogP contribution in [0.1, 0.15) is 40.6 Å². The molecule has 2 N–H and O–H groups in total. The van der Waals surface area contributed by atoms with Crippen LogP contribution < -0.4 is 10.2 Å². The number of aromatic amines is 1. The summed E-state index contributed by atoms with van der Waals surface area (Å²) in [5, 5.41) is 4.03. The van der Waals surface area contributed by atoms with Crippen molar-refractivity contribution >= 4 is 28.3 Å². The minimum absolute atomic E-state index is 0.265. The van der Waals surface area contributed by atoms with Gasteiger partial charge in [0.15, 0.2) is 5.82 Å². The number of nitrogens with zero attached hydrogens (tertiary/aromatic N) is 3. The van der Waals surface area contributed by atoms with Crippen molar-refractivity contribution in [1.29, 1.82) is 0 Å². The van der Waals surface area contributed by atoms with Crippen molar-refractivity contribution in [2.75, 3.05) is 16.8 Å². The molecular weight excluding hydrogens is 615 g/mol. The third kappa shape index (κ3) is 5.08. The maximum absolute atomic E-state index is 12.1. The second kappa shape index (κ2) is 12.3. The van der Waals surface area contributed by atoms with Gasteiger partial charge in [-0.05, 0) is 71.8 Å². The predicted molar refractivity (Wildman–Crippen MR) is 202 cm³/mol. The Hall–Kier alpha value is -6.27. The van der Waals surface area contributed by atoms with Crippen LogP contribution in [0.3, 0.4) is 0 Å². The molecule has 1 atom stereocenters. The summed E-state index contributed by atoms with van der Waals surface area (Å²) in [6, 6.07) is 48.6. The summed E-state index contributed by atoms with van der Waals surface area (Å²) in [6.45, 7) is 8.58. The lowest BCUT2D eigenvalue weighted by atomic mass is 9.75. The van der Waals surface area contributed by atoms with E-state index in [1.807, 2.05) is 30.5 Å². The van der Waals surface area contributed by atoms with Crippen LogP contribution in [0, 0.1) is 6.92 Å². The second-order valence-corrected chi connectivity index (χ2v) is 13.2.